The average molecular weight is 255 g/mol. The van der Waals surface area contributed by atoms with Crippen LogP contribution in [0.3, 0.4) is 0 Å². The van der Waals surface area contributed by atoms with Crippen molar-refractivity contribution in [1.29, 1.82) is 0 Å². The van der Waals surface area contributed by atoms with Crippen molar-refractivity contribution in [3.63, 3.8) is 0 Å². The number of piperidine rings is 2. The summed E-state index contributed by atoms with van der Waals surface area (Å²) in [5.41, 5.74) is 0. The quantitative estimate of drug-likeness (QED) is 0.751. The predicted molar refractivity (Wildman–Crippen MR) is 74.8 cm³/mol. The first-order chi connectivity index (χ1) is 8.83. The molecule has 2 saturated heterocycles. The van der Waals surface area contributed by atoms with Crippen LogP contribution in [-0.4, -0.2) is 73.4 Å². The second-order valence-corrected chi connectivity index (χ2v) is 5.80. The van der Waals surface area contributed by atoms with E-state index in [1.54, 1.807) is 0 Å². The molecule has 0 aromatic carbocycles. The molecule has 1 atom stereocenters. The zero-order valence-electron chi connectivity index (χ0n) is 11.8. The van der Waals surface area contributed by atoms with E-state index >= 15 is 0 Å². The Hall–Kier alpha value is -0.160. The number of aliphatic hydroxyl groups excluding tert-OH is 1. The first kappa shape index (κ1) is 14.3. The molecule has 0 spiro atoms. The number of aliphatic hydroxyl groups is 1. The lowest BCUT2D eigenvalue weighted by Crippen LogP contribution is -2.50. The number of hydrogen-bond acceptors (Lipinski definition) is 4. The molecule has 2 heterocycles. The van der Waals surface area contributed by atoms with E-state index < -0.39 is 0 Å². The topological polar surface area (TPSA) is 38.7 Å². The van der Waals surface area contributed by atoms with Gasteiger partial charge in [0.25, 0.3) is 0 Å². The van der Waals surface area contributed by atoms with Crippen LogP contribution in [0.2, 0.25) is 0 Å². The van der Waals surface area contributed by atoms with E-state index in [-0.39, 0.29) is 12.6 Å². The largest absolute Gasteiger partial charge is 0.395 e. The zero-order chi connectivity index (χ0) is 12.8. The molecule has 2 rings (SSSR count). The van der Waals surface area contributed by atoms with Crippen molar-refractivity contribution in [3.05, 3.63) is 0 Å². The van der Waals surface area contributed by atoms with Crippen molar-refractivity contribution in [3.8, 4) is 0 Å². The number of likely N-dealkylation sites (tertiary alicyclic amines) is 2. The van der Waals surface area contributed by atoms with E-state index in [0.29, 0.717) is 0 Å². The van der Waals surface area contributed by atoms with E-state index in [2.05, 4.69) is 15.1 Å². The van der Waals surface area contributed by atoms with Gasteiger partial charge in [-0.2, -0.15) is 0 Å². The Labute approximate surface area is 111 Å². The van der Waals surface area contributed by atoms with Crippen LogP contribution in [0.25, 0.3) is 0 Å². The van der Waals surface area contributed by atoms with Crippen molar-refractivity contribution >= 4 is 0 Å². The summed E-state index contributed by atoms with van der Waals surface area (Å²) < 4.78 is 0. The minimum atomic E-state index is 0.233. The molecule has 0 bridgehead atoms. The molecular weight excluding hydrogens is 226 g/mol. The standard InChI is InChI=1S/C14H29N3O/c1-15-13(12-18)11-16-9-5-14(6-10-16)17-7-3-2-4-8-17/h13-15,18H,2-12H2,1H3. The van der Waals surface area contributed by atoms with Gasteiger partial charge in [0, 0.05) is 18.6 Å². The molecule has 4 nitrogen and oxygen atoms in total. The monoisotopic (exact) mass is 255 g/mol. The summed E-state index contributed by atoms with van der Waals surface area (Å²) >= 11 is 0. The number of likely N-dealkylation sites (N-methyl/N-ethyl adjacent to an activating group) is 1. The number of nitrogens with one attached hydrogen (secondary N) is 1. The third-order valence-electron chi connectivity index (χ3n) is 4.57. The predicted octanol–water partition coefficient (Wildman–Crippen LogP) is 0.517. The number of nitrogens with zero attached hydrogens (tertiary/aromatic N) is 2. The highest BCUT2D eigenvalue weighted by Gasteiger charge is 2.26. The molecule has 0 aromatic rings. The van der Waals surface area contributed by atoms with E-state index in [0.717, 1.165) is 12.6 Å². The normalized spacial score (nSPS) is 26.3. The molecule has 0 aliphatic carbocycles. The van der Waals surface area contributed by atoms with Crippen LogP contribution in [0, 0.1) is 0 Å². The molecule has 106 valence electrons. The molecule has 2 aliphatic rings. The molecule has 1 unspecified atom stereocenters. The number of rotatable bonds is 5. The lowest BCUT2D eigenvalue weighted by molar-refractivity contribution is 0.0835. The van der Waals surface area contributed by atoms with E-state index in [4.69, 9.17) is 0 Å². The fraction of sp³-hybridized carbons (Fsp3) is 1.00. The van der Waals surface area contributed by atoms with Crippen LogP contribution in [0.4, 0.5) is 0 Å². The maximum atomic E-state index is 9.22. The van der Waals surface area contributed by atoms with Gasteiger partial charge in [-0.3, -0.25) is 0 Å². The van der Waals surface area contributed by atoms with Crippen molar-refractivity contribution in [2.24, 2.45) is 0 Å². The number of hydrogen-bond donors (Lipinski definition) is 2. The van der Waals surface area contributed by atoms with Crippen LogP contribution in [-0.2, 0) is 0 Å². The van der Waals surface area contributed by atoms with E-state index in [1.807, 2.05) is 7.05 Å². The highest BCUT2D eigenvalue weighted by atomic mass is 16.3. The van der Waals surface area contributed by atoms with Gasteiger partial charge in [0.1, 0.15) is 0 Å². The summed E-state index contributed by atoms with van der Waals surface area (Å²) in [7, 11) is 1.93. The smallest absolute Gasteiger partial charge is 0.0597 e. The average Bonchev–Trinajstić information content (AvgIpc) is 2.46. The third-order valence-corrected chi connectivity index (χ3v) is 4.57. The van der Waals surface area contributed by atoms with Gasteiger partial charge in [-0.25, -0.2) is 0 Å². The fourth-order valence-electron chi connectivity index (χ4n) is 3.30. The lowest BCUT2D eigenvalue weighted by atomic mass is 9.99. The van der Waals surface area contributed by atoms with Gasteiger partial charge in [-0.05, 0) is 58.9 Å². The Bertz CT molecular complexity index is 219. The molecular formula is C14H29N3O. The summed E-state index contributed by atoms with van der Waals surface area (Å²) in [6.07, 6.45) is 6.83. The summed E-state index contributed by atoms with van der Waals surface area (Å²) in [6, 6.07) is 1.06. The Morgan fingerprint density at radius 2 is 1.78 bits per heavy atom. The van der Waals surface area contributed by atoms with Gasteiger partial charge < -0.3 is 20.2 Å². The van der Waals surface area contributed by atoms with Crippen LogP contribution in [0.15, 0.2) is 0 Å². The minimum absolute atomic E-state index is 0.233. The maximum Gasteiger partial charge on any atom is 0.0597 e. The Morgan fingerprint density at radius 1 is 1.11 bits per heavy atom. The molecule has 0 amide bonds. The van der Waals surface area contributed by atoms with E-state index in [9.17, 15) is 5.11 Å². The van der Waals surface area contributed by atoms with Crippen LogP contribution in [0.5, 0.6) is 0 Å². The molecule has 2 aliphatic heterocycles. The van der Waals surface area contributed by atoms with Gasteiger partial charge >= 0.3 is 0 Å². The van der Waals surface area contributed by atoms with E-state index in [1.165, 1.54) is 58.3 Å². The van der Waals surface area contributed by atoms with Crippen LogP contribution >= 0.6 is 0 Å². The van der Waals surface area contributed by atoms with Crippen LogP contribution in [0.1, 0.15) is 32.1 Å². The maximum absolute atomic E-state index is 9.22. The Balaban J connectivity index is 1.70. The first-order valence-corrected chi connectivity index (χ1v) is 7.58. The second-order valence-electron chi connectivity index (χ2n) is 5.80. The molecule has 2 fully saturated rings. The minimum Gasteiger partial charge on any atom is -0.395 e. The molecule has 0 saturated carbocycles. The van der Waals surface area contributed by atoms with Crippen molar-refractivity contribution in [2.75, 3.05) is 46.4 Å². The fourth-order valence-corrected chi connectivity index (χ4v) is 3.30. The summed E-state index contributed by atoms with van der Waals surface area (Å²) in [5, 5.41) is 12.4. The zero-order valence-corrected chi connectivity index (χ0v) is 11.8. The highest BCUT2D eigenvalue weighted by molar-refractivity contribution is 4.83. The summed E-state index contributed by atoms with van der Waals surface area (Å²) in [6.45, 7) is 6.25. The van der Waals surface area contributed by atoms with Gasteiger partial charge in [-0.1, -0.05) is 6.42 Å². The van der Waals surface area contributed by atoms with Crippen molar-refractivity contribution < 1.29 is 5.11 Å². The molecule has 0 radical (unpaired) electrons. The summed E-state index contributed by atoms with van der Waals surface area (Å²) in [5.74, 6) is 0. The molecule has 2 N–H and O–H groups in total. The molecule has 4 heteroatoms. The summed E-state index contributed by atoms with van der Waals surface area (Å²) in [4.78, 5) is 5.21. The first-order valence-electron chi connectivity index (χ1n) is 7.58. The second kappa shape index (κ2) is 7.43. The Kier molecular flexibility index (Phi) is 5.89. The van der Waals surface area contributed by atoms with Crippen molar-refractivity contribution in [2.45, 2.75) is 44.2 Å². The SMILES string of the molecule is CNC(CO)CN1CCC(N2CCCCC2)CC1. The highest BCUT2D eigenvalue weighted by Crippen LogP contribution is 2.20. The molecule has 18 heavy (non-hydrogen) atoms. The Morgan fingerprint density at radius 3 is 2.33 bits per heavy atom. The van der Waals surface area contributed by atoms with Gasteiger partial charge in [0.05, 0.1) is 6.61 Å². The van der Waals surface area contributed by atoms with Crippen LogP contribution < -0.4 is 5.32 Å². The van der Waals surface area contributed by atoms with Crippen molar-refractivity contribution in [1.82, 2.24) is 15.1 Å². The van der Waals surface area contributed by atoms with Gasteiger partial charge in [-0.15, -0.1) is 0 Å². The lowest BCUT2D eigenvalue weighted by Gasteiger charge is -2.40. The van der Waals surface area contributed by atoms with Gasteiger partial charge in [0.15, 0.2) is 0 Å². The molecule has 0 aromatic heterocycles. The third kappa shape index (κ3) is 3.92. The van der Waals surface area contributed by atoms with Gasteiger partial charge in [0.2, 0.25) is 0 Å².